The topological polar surface area (TPSA) is 40.2 Å². The Labute approximate surface area is 119 Å². The number of hydrogen-bond acceptors (Lipinski definition) is 4. The number of methoxy groups -OCH3 is 2. The molecule has 1 aliphatic heterocycles. The zero-order chi connectivity index (χ0) is 13.9. The molecule has 2 fully saturated rings. The smallest absolute Gasteiger partial charge is 0.279 e. The molecule has 0 radical (unpaired) electrons. The van der Waals surface area contributed by atoms with Gasteiger partial charge in [0.1, 0.15) is 0 Å². The van der Waals surface area contributed by atoms with Crippen LogP contribution in [0.25, 0.3) is 0 Å². The minimum atomic E-state index is -0.883. The van der Waals surface area contributed by atoms with E-state index < -0.39 is 5.97 Å². The Hall–Kier alpha value is 0.0569. The van der Waals surface area contributed by atoms with Crippen molar-refractivity contribution in [3.05, 3.63) is 0 Å². The van der Waals surface area contributed by atoms with E-state index in [0.29, 0.717) is 17.9 Å². The van der Waals surface area contributed by atoms with Gasteiger partial charge in [-0.2, -0.15) is 0 Å². The second-order valence-electron chi connectivity index (χ2n) is 6.02. The Kier molecular flexibility index (Phi) is 5.43. The van der Waals surface area contributed by atoms with E-state index >= 15 is 0 Å². The largest absolute Gasteiger partial charge is 0.370 e. The minimum absolute atomic E-state index is 0.234. The molecule has 0 aromatic rings. The lowest BCUT2D eigenvalue weighted by molar-refractivity contribution is -0.355. The molecular weight excluding hydrogens is 260 g/mol. The summed E-state index contributed by atoms with van der Waals surface area (Å²) in [4.78, 5) is 0. The summed E-state index contributed by atoms with van der Waals surface area (Å²) in [5.41, 5.74) is 0.290. The molecule has 0 spiro atoms. The van der Waals surface area contributed by atoms with Gasteiger partial charge in [-0.1, -0.05) is 12.5 Å². The number of ether oxygens (including phenoxy) is 4. The number of hydrogen-bond donors (Lipinski definition) is 0. The predicted molar refractivity (Wildman–Crippen MR) is 76.9 cm³/mol. The number of rotatable bonds is 8. The van der Waals surface area contributed by atoms with Crippen LogP contribution in [0.1, 0.15) is 39.5 Å². The fourth-order valence-corrected chi connectivity index (χ4v) is 4.86. The lowest BCUT2D eigenvalue weighted by Crippen LogP contribution is -2.38. The van der Waals surface area contributed by atoms with Crippen LogP contribution in [-0.4, -0.2) is 47.6 Å². The van der Waals surface area contributed by atoms with Crippen LogP contribution in [0, 0.1) is 5.92 Å². The summed E-state index contributed by atoms with van der Waals surface area (Å²) in [5, 5.41) is 0. The second kappa shape index (κ2) is 6.67. The summed E-state index contributed by atoms with van der Waals surface area (Å²) < 4.78 is 21.9. The summed E-state index contributed by atoms with van der Waals surface area (Å²) in [6.07, 6.45) is 6.53. The quantitative estimate of drug-likeness (QED) is 0.388. The van der Waals surface area contributed by atoms with Crippen molar-refractivity contribution in [2.75, 3.05) is 14.2 Å². The van der Waals surface area contributed by atoms with Gasteiger partial charge in [0.05, 0.1) is 21.7 Å². The molecule has 4 atom stereocenters. The molecule has 0 aromatic heterocycles. The lowest BCUT2D eigenvalue weighted by Gasteiger charge is -2.29. The van der Waals surface area contributed by atoms with Crippen LogP contribution in [0.5, 0.6) is 0 Å². The molecule has 4 unspecified atom stereocenters. The highest BCUT2D eigenvalue weighted by Crippen LogP contribution is 2.40. The average molecular weight is 288 g/mol. The van der Waals surface area contributed by atoms with Crippen molar-refractivity contribution < 1.29 is 18.9 Å². The summed E-state index contributed by atoms with van der Waals surface area (Å²) in [7, 11) is 3.00. The van der Waals surface area contributed by atoms with Gasteiger partial charge in [-0.15, -0.1) is 0 Å². The fourth-order valence-electron chi connectivity index (χ4n) is 3.05. The number of epoxide rings is 1. The summed E-state index contributed by atoms with van der Waals surface area (Å²) in [5.74, 6) is 0.00599. The lowest BCUT2D eigenvalue weighted by atomic mass is 9.88. The van der Waals surface area contributed by atoms with E-state index in [-0.39, 0.29) is 9.52 Å². The summed E-state index contributed by atoms with van der Waals surface area (Å²) >= 11 is 0. The first-order valence-corrected chi connectivity index (χ1v) is 9.31. The second-order valence-corrected chi connectivity index (χ2v) is 8.46. The monoisotopic (exact) mass is 288 g/mol. The Balaban J connectivity index is 1.59. The average Bonchev–Trinajstić information content (AvgIpc) is 3.17. The molecule has 0 N–H and O–H groups in total. The molecule has 1 heterocycles. The molecule has 0 bridgehead atoms. The Morgan fingerprint density at radius 3 is 2.63 bits per heavy atom. The zero-order valence-electron chi connectivity index (χ0n) is 12.7. The van der Waals surface area contributed by atoms with Crippen molar-refractivity contribution in [2.45, 2.75) is 69.5 Å². The SMILES string of the molecule is COC(C)(OC)OC(C)[SiH2]CCC1CCC2OC2C1. The maximum atomic E-state index is 5.85. The van der Waals surface area contributed by atoms with Crippen molar-refractivity contribution in [2.24, 2.45) is 5.92 Å². The van der Waals surface area contributed by atoms with E-state index in [0.717, 1.165) is 5.92 Å². The minimum Gasteiger partial charge on any atom is -0.370 e. The molecule has 1 saturated carbocycles. The van der Waals surface area contributed by atoms with Crippen molar-refractivity contribution in [1.29, 1.82) is 0 Å². The molecule has 1 saturated heterocycles. The Morgan fingerprint density at radius 1 is 1.26 bits per heavy atom. The highest BCUT2D eigenvalue weighted by atomic mass is 28.2. The standard InChI is InChI=1S/C14H28O4Si/c1-10(18-14(2,15-3)16-4)19-8-7-11-5-6-12-13(9-11)17-12/h10-13H,5-9,19H2,1-4H3. The summed E-state index contributed by atoms with van der Waals surface area (Å²) in [6, 6.07) is 1.34. The Bertz CT molecular complexity index is 283. The molecule has 1 aliphatic carbocycles. The maximum Gasteiger partial charge on any atom is 0.279 e. The van der Waals surface area contributed by atoms with Gasteiger partial charge in [-0.3, -0.25) is 0 Å². The highest BCUT2D eigenvalue weighted by Gasteiger charge is 2.43. The van der Waals surface area contributed by atoms with Crippen molar-refractivity contribution in [1.82, 2.24) is 0 Å². The van der Waals surface area contributed by atoms with Crippen molar-refractivity contribution in [3.63, 3.8) is 0 Å². The van der Waals surface area contributed by atoms with E-state index in [1.54, 1.807) is 14.2 Å². The van der Waals surface area contributed by atoms with Gasteiger partial charge in [0.15, 0.2) is 0 Å². The molecule has 5 heteroatoms. The van der Waals surface area contributed by atoms with Crippen LogP contribution in [0.2, 0.25) is 6.04 Å². The molecule has 0 aromatic carbocycles. The van der Waals surface area contributed by atoms with Gasteiger partial charge in [-0.25, -0.2) is 0 Å². The maximum absolute atomic E-state index is 5.85. The van der Waals surface area contributed by atoms with Gasteiger partial charge < -0.3 is 18.9 Å². The normalized spacial score (nSPS) is 32.5. The van der Waals surface area contributed by atoms with Crippen LogP contribution in [-0.2, 0) is 18.9 Å². The van der Waals surface area contributed by atoms with Crippen LogP contribution < -0.4 is 0 Å². The van der Waals surface area contributed by atoms with Crippen molar-refractivity contribution >= 4 is 9.52 Å². The van der Waals surface area contributed by atoms with Gasteiger partial charge in [0.2, 0.25) is 0 Å². The molecule has 19 heavy (non-hydrogen) atoms. The first-order valence-electron chi connectivity index (χ1n) is 7.50. The third kappa shape index (κ3) is 4.53. The third-order valence-electron chi connectivity index (χ3n) is 4.49. The van der Waals surface area contributed by atoms with Gasteiger partial charge in [-0.05, 0) is 32.1 Å². The van der Waals surface area contributed by atoms with Crippen LogP contribution >= 0.6 is 0 Å². The highest BCUT2D eigenvalue weighted by molar-refractivity contribution is 6.37. The molecule has 4 nitrogen and oxygen atoms in total. The van der Waals surface area contributed by atoms with E-state index in [1.165, 1.54) is 31.7 Å². The van der Waals surface area contributed by atoms with E-state index in [2.05, 4.69) is 6.92 Å². The third-order valence-corrected chi connectivity index (χ3v) is 6.29. The first-order chi connectivity index (χ1) is 9.06. The zero-order valence-corrected chi connectivity index (χ0v) is 14.1. The molecule has 112 valence electrons. The predicted octanol–water partition coefficient (Wildman–Crippen LogP) is 1.86. The van der Waals surface area contributed by atoms with Crippen LogP contribution in [0.15, 0.2) is 0 Å². The molecular formula is C14H28O4Si. The fraction of sp³-hybridized carbons (Fsp3) is 1.00. The van der Waals surface area contributed by atoms with Crippen LogP contribution in [0.3, 0.4) is 0 Å². The number of fused-ring (bicyclic) bond motifs is 1. The van der Waals surface area contributed by atoms with Gasteiger partial charge in [0, 0.05) is 26.9 Å². The van der Waals surface area contributed by atoms with E-state index in [9.17, 15) is 0 Å². The van der Waals surface area contributed by atoms with E-state index in [4.69, 9.17) is 18.9 Å². The van der Waals surface area contributed by atoms with E-state index in [1.807, 2.05) is 6.92 Å². The molecule has 2 aliphatic rings. The summed E-state index contributed by atoms with van der Waals surface area (Å²) in [6.45, 7) is 3.97. The van der Waals surface area contributed by atoms with Crippen molar-refractivity contribution in [3.8, 4) is 0 Å². The molecule has 2 rings (SSSR count). The van der Waals surface area contributed by atoms with Crippen LogP contribution in [0.4, 0.5) is 0 Å². The van der Waals surface area contributed by atoms with Gasteiger partial charge >= 0.3 is 0 Å². The first kappa shape index (κ1) is 15.4. The Morgan fingerprint density at radius 2 is 2.00 bits per heavy atom. The van der Waals surface area contributed by atoms with Gasteiger partial charge in [0.25, 0.3) is 5.97 Å². The molecule has 0 amide bonds.